The Balaban J connectivity index is 2.24. The summed E-state index contributed by atoms with van der Waals surface area (Å²) in [6, 6.07) is 5.12. The quantitative estimate of drug-likeness (QED) is 0.908. The van der Waals surface area contributed by atoms with Crippen molar-refractivity contribution in [2.24, 2.45) is 11.3 Å². The molecule has 1 aromatic carbocycles. The number of methoxy groups -OCH3 is 1. The van der Waals surface area contributed by atoms with Crippen LogP contribution in [0.15, 0.2) is 18.2 Å². The second-order valence-corrected chi connectivity index (χ2v) is 7.19. The highest BCUT2D eigenvalue weighted by Gasteiger charge is 2.41. The normalized spacial score (nSPS) is 29.2. The summed E-state index contributed by atoms with van der Waals surface area (Å²) in [6.07, 6.45) is 2.90. The van der Waals surface area contributed by atoms with Crippen molar-refractivity contribution >= 4 is 0 Å². The van der Waals surface area contributed by atoms with E-state index in [0.717, 1.165) is 12.8 Å². The molecule has 1 aliphatic rings. The zero-order valence-corrected chi connectivity index (χ0v) is 12.9. The maximum Gasteiger partial charge on any atom is 0.168 e. The van der Waals surface area contributed by atoms with E-state index in [0.29, 0.717) is 24.3 Å². The van der Waals surface area contributed by atoms with E-state index in [1.807, 2.05) is 0 Å². The van der Waals surface area contributed by atoms with Crippen molar-refractivity contribution in [2.45, 2.75) is 52.1 Å². The largest absolute Gasteiger partial charge is 0.494 e. The van der Waals surface area contributed by atoms with E-state index in [2.05, 4.69) is 20.8 Å². The van der Waals surface area contributed by atoms with Gasteiger partial charge >= 0.3 is 0 Å². The fourth-order valence-corrected chi connectivity index (χ4v) is 4.04. The Bertz CT molecular complexity index is 484. The van der Waals surface area contributed by atoms with Gasteiger partial charge in [-0.05, 0) is 42.2 Å². The second-order valence-electron chi connectivity index (χ2n) is 7.19. The molecule has 0 radical (unpaired) electrons. The Morgan fingerprint density at radius 3 is 2.65 bits per heavy atom. The van der Waals surface area contributed by atoms with E-state index in [1.165, 1.54) is 7.11 Å². The molecule has 0 saturated heterocycles. The van der Waals surface area contributed by atoms with Crippen molar-refractivity contribution in [3.63, 3.8) is 0 Å². The Hall–Kier alpha value is -1.09. The van der Waals surface area contributed by atoms with E-state index in [-0.39, 0.29) is 17.0 Å². The van der Waals surface area contributed by atoms with Crippen LogP contribution >= 0.6 is 0 Å². The van der Waals surface area contributed by atoms with Gasteiger partial charge in [0.25, 0.3) is 0 Å². The monoisotopic (exact) mass is 280 g/mol. The third kappa shape index (κ3) is 3.32. The summed E-state index contributed by atoms with van der Waals surface area (Å²) in [4.78, 5) is 0. The second kappa shape index (κ2) is 5.36. The van der Waals surface area contributed by atoms with E-state index in [1.54, 1.807) is 18.2 Å². The first-order valence-corrected chi connectivity index (χ1v) is 7.28. The van der Waals surface area contributed by atoms with Crippen LogP contribution in [-0.2, 0) is 6.42 Å². The van der Waals surface area contributed by atoms with Gasteiger partial charge in [-0.3, -0.25) is 0 Å². The molecule has 112 valence electrons. The molecule has 0 aliphatic heterocycles. The summed E-state index contributed by atoms with van der Waals surface area (Å²) in [5, 5.41) is 10.9. The standard InChI is InChI=1S/C17H25FO2/c1-12-8-16(2,3)11-17(19,9-12)10-13-6-5-7-14(20-4)15(13)18/h5-7,12,19H,8-11H2,1-4H3. The van der Waals surface area contributed by atoms with Gasteiger partial charge in [0.05, 0.1) is 12.7 Å². The molecule has 1 saturated carbocycles. The average molecular weight is 280 g/mol. The SMILES string of the molecule is COc1cccc(CC2(O)CC(C)CC(C)(C)C2)c1F. The van der Waals surface area contributed by atoms with Gasteiger partial charge in [0, 0.05) is 6.42 Å². The molecule has 0 heterocycles. The van der Waals surface area contributed by atoms with Crippen LogP contribution in [0.4, 0.5) is 4.39 Å². The van der Waals surface area contributed by atoms with Crippen LogP contribution in [0.1, 0.15) is 45.6 Å². The van der Waals surface area contributed by atoms with Gasteiger partial charge in [0.1, 0.15) is 0 Å². The lowest BCUT2D eigenvalue weighted by Crippen LogP contribution is -2.43. The molecular weight excluding hydrogens is 255 g/mol. The summed E-state index contributed by atoms with van der Waals surface area (Å²) >= 11 is 0. The first-order valence-electron chi connectivity index (χ1n) is 7.28. The Morgan fingerprint density at radius 2 is 2.05 bits per heavy atom. The highest BCUT2D eigenvalue weighted by atomic mass is 19.1. The minimum Gasteiger partial charge on any atom is -0.494 e. The molecule has 2 rings (SSSR count). The molecule has 20 heavy (non-hydrogen) atoms. The third-order valence-corrected chi connectivity index (χ3v) is 4.22. The summed E-state index contributed by atoms with van der Waals surface area (Å²) in [6.45, 7) is 6.51. The molecule has 0 spiro atoms. The Morgan fingerprint density at radius 1 is 1.35 bits per heavy atom. The van der Waals surface area contributed by atoms with Crippen LogP contribution in [0.5, 0.6) is 5.75 Å². The van der Waals surface area contributed by atoms with Crippen LogP contribution in [0, 0.1) is 17.2 Å². The minimum absolute atomic E-state index is 0.0990. The van der Waals surface area contributed by atoms with Gasteiger partial charge in [-0.25, -0.2) is 4.39 Å². The summed E-state index contributed by atoms with van der Waals surface area (Å²) in [7, 11) is 1.46. The number of aliphatic hydroxyl groups is 1. The smallest absolute Gasteiger partial charge is 0.168 e. The minimum atomic E-state index is -0.825. The lowest BCUT2D eigenvalue weighted by molar-refractivity contribution is -0.0579. The Labute approximate surface area is 121 Å². The number of hydrogen-bond donors (Lipinski definition) is 1. The fraction of sp³-hybridized carbons (Fsp3) is 0.647. The first kappa shape index (κ1) is 15.3. The van der Waals surface area contributed by atoms with E-state index >= 15 is 0 Å². The van der Waals surface area contributed by atoms with Crippen LogP contribution in [0.25, 0.3) is 0 Å². The molecule has 2 unspecified atom stereocenters. The van der Waals surface area contributed by atoms with Gasteiger partial charge in [-0.2, -0.15) is 0 Å². The summed E-state index contributed by atoms with van der Waals surface area (Å²) < 4.78 is 19.3. The van der Waals surface area contributed by atoms with Crippen molar-refractivity contribution in [2.75, 3.05) is 7.11 Å². The maximum absolute atomic E-state index is 14.3. The topological polar surface area (TPSA) is 29.5 Å². The van der Waals surface area contributed by atoms with E-state index < -0.39 is 5.60 Å². The lowest BCUT2D eigenvalue weighted by atomic mass is 9.64. The third-order valence-electron chi connectivity index (χ3n) is 4.22. The molecule has 0 bridgehead atoms. The molecule has 2 atom stereocenters. The predicted octanol–water partition coefficient (Wildman–Crippen LogP) is 3.95. The molecule has 3 heteroatoms. The van der Waals surface area contributed by atoms with Crippen LogP contribution in [0.3, 0.4) is 0 Å². The van der Waals surface area contributed by atoms with Gasteiger partial charge < -0.3 is 9.84 Å². The van der Waals surface area contributed by atoms with Crippen molar-refractivity contribution in [1.29, 1.82) is 0 Å². The Kier molecular flexibility index (Phi) is 4.10. The number of halogens is 1. The number of rotatable bonds is 3. The fourth-order valence-electron chi connectivity index (χ4n) is 4.04. The van der Waals surface area contributed by atoms with Crippen LogP contribution in [-0.4, -0.2) is 17.8 Å². The first-order chi connectivity index (χ1) is 9.25. The van der Waals surface area contributed by atoms with Gasteiger partial charge in [-0.15, -0.1) is 0 Å². The van der Waals surface area contributed by atoms with Crippen molar-refractivity contribution < 1.29 is 14.2 Å². The maximum atomic E-state index is 14.3. The molecule has 1 fully saturated rings. The van der Waals surface area contributed by atoms with E-state index in [9.17, 15) is 9.50 Å². The van der Waals surface area contributed by atoms with Gasteiger partial charge in [-0.1, -0.05) is 32.9 Å². The number of ether oxygens (including phenoxy) is 1. The molecule has 1 N–H and O–H groups in total. The predicted molar refractivity (Wildman–Crippen MR) is 78.4 cm³/mol. The molecule has 1 aliphatic carbocycles. The number of benzene rings is 1. The van der Waals surface area contributed by atoms with Gasteiger partial charge in [0.15, 0.2) is 11.6 Å². The molecular formula is C17H25FO2. The van der Waals surface area contributed by atoms with Gasteiger partial charge in [0.2, 0.25) is 0 Å². The molecule has 1 aromatic rings. The molecule has 0 amide bonds. The average Bonchev–Trinajstić information content (AvgIpc) is 2.28. The summed E-state index contributed by atoms with van der Waals surface area (Å²) in [5.74, 6) is 0.353. The highest BCUT2D eigenvalue weighted by molar-refractivity contribution is 5.32. The summed E-state index contributed by atoms with van der Waals surface area (Å²) in [5.41, 5.74) is -0.187. The molecule has 2 nitrogen and oxygen atoms in total. The van der Waals surface area contributed by atoms with Crippen molar-refractivity contribution in [3.05, 3.63) is 29.6 Å². The molecule has 0 aromatic heterocycles. The zero-order valence-electron chi connectivity index (χ0n) is 12.9. The van der Waals surface area contributed by atoms with E-state index in [4.69, 9.17) is 4.74 Å². The lowest BCUT2D eigenvalue weighted by Gasteiger charge is -2.44. The van der Waals surface area contributed by atoms with Crippen molar-refractivity contribution in [3.8, 4) is 5.75 Å². The van der Waals surface area contributed by atoms with Crippen LogP contribution in [0.2, 0.25) is 0 Å². The number of hydrogen-bond acceptors (Lipinski definition) is 2. The van der Waals surface area contributed by atoms with Crippen molar-refractivity contribution in [1.82, 2.24) is 0 Å². The highest BCUT2D eigenvalue weighted by Crippen LogP contribution is 2.45. The van der Waals surface area contributed by atoms with Crippen LogP contribution < -0.4 is 4.74 Å². The zero-order chi connectivity index (χ0) is 15.0.